The minimum Gasteiger partial charge on any atom is -0.379 e. The number of rotatable bonds is 3. The van der Waals surface area contributed by atoms with Crippen molar-refractivity contribution < 1.29 is 4.79 Å². The summed E-state index contributed by atoms with van der Waals surface area (Å²) in [5, 5.41) is 6.79. The second-order valence-corrected chi connectivity index (χ2v) is 2.49. The summed E-state index contributed by atoms with van der Waals surface area (Å²) in [7, 11) is 1.63. The highest BCUT2D eigenvalue weighted by Crippen LogP contribution is 1.97. The minimum atomic E-state index is 0.0312. The smallest absolute Gasteiger partial charge is 0.210 e. The van der Waals surface area contributed by atoms with Crippen molar-refractivity contribution in [2.24, 2.45) is 5.73 Å². The molecular weight excluding hydrogens is 138 g/mol. The van der Waals surface area contributed by atoms with Crippen LogP contribution in [0.25, 0.3) is 0 Å². The molecule has 0 aliphatic carbocycles. The van der Waals surface area contributed by atoms with E-state index in [0.29, 0.717) is 12.3 Å². The standard InChI is InChI=1S/C4H9N3OS/c1-7(2-8)3-9-4(5)6/h2H,3H2,1H3,(H3,5,6). The van der Waals surface area contributed by atoms with Crippen LogP contribution >= 0.6 is 11.8 Å². The summed E-state index contributed by atoms with van der Waals surface area (Å²) in [6, 6.07) is 0. The van der Waals surface area contributed by atoms with Crippen LogP contribution in [0.15, 0.2) is 0 Å². The van der Waals surface area contributed by atoms with Gasteiger partial charge in [0, 0.05) is 7.05 Å². The molecule has 0 fully saturated rings. The molecule has 0 aliphatic heterocycles. The molecule has 4 nitrogen and oxygen atoms in total. The minimum absolute atomic E-state index is 0.0312. The van der Waals surface area contributed by atoms with Crippen LogP contribution in [0, 0.1) is 5.41 Å². The SMILES string of the molecule is CN(C=O)CSC(=N)N. The topological polar surface area (TPSA) is 70.2 Å². The highest BCUT2D eigenvalue weighted by Gasteiger charge is 1.93. The average molecular weight is 147 g/mol. The maximum atomic E-state index is 9.92. The summed E-state index contributed by atoms with van der Waals surface area (Å²) >= 11 is 1.12. The number of carbonyl (C=O) groups excluding carboxylic acids is 1. The molecule has 5 heteroatoms. The third kappa shape index (κ3) is 5.16. The van der Waals surface area contributed by atoms with Crippen LogP contribution in [0.5, 0.6) is 0 Å². The van der Waals surface area contributed by atoms with Crippen molar-refractivity contribution in [1.82, 2.24) is 4.90 Å². The molecule has 0 saturated carbocycles. The van der Waals surface area contributed by atoms with Crippen molar-refractivity contribution in [1.29, 1.82) is 5.41 Å². The van der Waals surface area contributed by atoms with E-state index in [0.717, 1.165) is 11.8 Å². The highest BCUT2D eigenvalue weighted by molar-refractivity contribution is 8.13. The van der Waals surface area contributed by atoms with Crippen LogP contribution in [-0.2, 0) is 4.79 Å². The van der Waals surface area contributed by atoms with Crippen LogP contribution in [-0.4, -0.2) is 29.4 Å². The molecule has 0 spiro atoms. The van der Waals surface area contributed by atoms with Gasteiger partial charge in [-0.2, -0.15) is 0 Å². The van der Waals surface area contributed by atoms with E-state index in [-0.39, 0.29) is 5.17 Å². The van der Waals surface area contributed by atoms with E-state index in [4.69, 9.17) is 11.1 Å². The predicted molar refractivity (Wildman–Crippen MR) is 38.2 cm³/mol. The molecule has 52 valence electrons. The third-order valence-electron chi connectivity index (χ3n) is 0.604. The Bertz CT molecular complexity index is 116. The quantitative estimate of drug-likeness (QED) is 0.248. The third-order valence-corrected chi connectivity index (χ3v) is 1.45. The number of thioether (sulfide) groups is 1. The van der Waals surface area contributed by atoms with Gasteiger partial charge in [-0.15, -0.1) is 0 Å². The number of amides is 1. The van der Waals surface area contributed by atoms with E-state index >= 15 is 0 Å². The molecule has 3 N–H and O–H groups in total. The van der Waals surface area contributed by atoms with Crippen LogP contribution < -0.4 is 5.73 Å². The summed E-state index contributed by atoms with van der Waals surface area (Å²) in [5.41, 5.74) is 5.00. The number of amidine groups is 1. The highest BCUT2D eigenvalue weighted by atomic mass is 32.2. The van der Waals surface area contributed by atoms with Crippen molar-refractivity contribution in [2.45, 2.75) is 0 Å². The largest absolute Gasteiger partial charge is 0.379 e. The first kappa shape index (κ1) is 8.29. The molecule has 0 atom stereocenters. The van der Waals surface area contributed by atoms with Gasteiger partial charge in [-0.3, -0.25) is 10.2 Å². The lowest BCUT2D eigenvalue weighted by atomic mass is 11.0. The number of nitrogens with one attached hydrogen (secondary N) is 1. The van der Waals surface area contributed by atoms with Crippen LogP contribution in [0.3, 0.4) is 0 Å². The Hall–Kier alpha value is -0.710. The van der Waals surface area contributed by atoms with Gasteiger partial charge in [0.05, 0.1) is 5.88 Å². The zero-order valence-electron chi connectivity index (χ0n) is 5.13. The molecule has 0 aliphatic rings. The second-order valence-electron chi connectivity index (χ2n) is 1.50. The number of nitrogens with two attached hydrogens (primary N) is 1. The van der Waals surface area contributed by atoms with Crippen LogP contribution in [0.2, 0.25) is 0 Å². The van der Waals surface area contributed by atoms with Gasteiger partial charge < -0.3 is 10.6 Å². The van der Waals surface area contributed by atoms with Crippen molar-refractivity contribution in [3.8, 4) is 0 Å². The number of hydrogen-bond donors (Lipinski definition) is 2. The first-order chi connectivity index (χ1) is 4.16. The number of carbonyl (C=O) groups is 1. The number of nitrogens with zero attached hydrogens (tertiary/aromatic N) is 1. The second kappa shape index (κ2) is 4.20. The van der Waals surface area contributed by atoms with Crippen molar-refractivity contribution in [2.75, 3.05) is 12.9 Å². The van der Waals surface area contributed by atoms with Gasteiger partial charge in [-0.25, -0.2) is 0 Å². The van der Waals surface area contributed by atoms with Crippen molar-refractivity contribution >= 4 is 23.3 Å². The summed E-state index contributed by atoms with van der Waals surface area (Å²) in [4.78, 5) is 11.3. The van der Waals surface area contributed by atoms with Crippen molar-refractivity contribution in [3.05, 3.63) is 0 Å². The van der Waals surface area contributed by atoms with E-state index in [1.807, 2.05) is 0 Å². The van der Waals surface area contributed by atoms with Gasteiger partial charge in [-0.1, -0.05) is 11.8 Å². The lowest BCUT2D eigenvalue weighted by Gasteiger charge is -2.06. The Morgan fingerprint density at radius 1 is 2.00 bits per heavy atom. The van der Waals surface area contributed by atoms with Gasteiger partial charge in [0.1, 0.15) is 0 Å². The zero-order chi connectivity index (χ0) is 7.28. The summed E-state index contributed by atoms with van der Waals surface area (Å²) < 4.78 is 0. The number of hydrogen-bond acceptors (Lipinski definition) is 3. The zero-order valence-corrected chi connectivity index (χ0v) is 5.94. The fourth-order valence-corrected chi connectivity index (χ4v) is 0.605. The molecule has 0 rings (SSSR count). The van der Waals surface area contributed by atoms with E-state index in [2.05, 4.69) is 0 Å². The van der Waals surface area contributed by atoms with Crippen LogP contribution in [0.4, 0.5) is 0 Å². The maximum Gasteiger partial charge on any atom is 0.210 e. The van der Waals surface area contributed by atoms with Gasteiger partial charge in [0.15, 0.2) is 5.17 Å². The van der Waals surface area contributed by atoms with Gasteiger partial charge in [0.2, 0.25) is 6.41 Å². The monoisotopic (exact) mass is 147 g/mol. The first-order valence-corrected chi connectivity index (χ1v) is 3.27. The van der Waals surface area contributed by atoms with E-state index in [9.17, 15) is 4.79 Å². The van der Waals surface area contributed by atoms with Crippen molar-refractivity contribution in [3.63, 3.8) is 0 Å². The van der Waals surface area contributed by atoms with E-state index in [1.165, 1.54) is 4.90 Å². The van der Waals surface area contributed by atoms with Gasteiger partial charge in [0.25, 0.3) is 0 Å². The fourth-order valence-electron chi connectivity index (χ4n) is 0.202. The van der Waals surface area contributed by atoms with Crippen LogP contribution in [0.1, 0.15) is 0 Å². The van der Waals surface area contributed by atoms with E-state index < -0.39 is 0 Å². The molecule has 0 bridgehead atoms. The Labute approximate surface area is 57.9 Å². The molecule has 9 heavy (non-hydrogen) atoms. The Morgan fingerprint density at radius 3 is 2.89 bits per heavy atom. The van der Waals surface area contributed by atoms with E-state index in [1.54, 1.807) is 7.05 Å². The summed E-state index contributed by atoms with van der Waals surface area (Å²) in [6.45, 7) is 0. The lowest BCUT2D eigenvalue weighted by Crippen LogP contribution is -2.17. The molecule has 0 aromatic carbocycles. The summed E-state index contributed by atoms with van der Waals surface area (Å²) in [5.74, 6) is 0.443. The molecular formula is C4H9N3OS. The predicted octanol–water partition coefficient (Wildman–Crippen LogP) is -0.341. The normalized spacial score (nSPS) is 8.56. The van der Waals surface area contributed by atoms with Gasteiger partial charge in [-0.05, 0) is 0 Å². The molecule has 0 heterocycles. The summed E-state index contributed by atoms with van der Waals surface area (Å²) in [6.07, 6.45) is 0.690. The molecule has 0 aromatic rings. The Kier molecular flexibility index (Phi) is 3.87. The molecule has 0 radical (unpaired) electrons. The molecule has 0 aromatic heterocycles. The van der Waals surface area contributed by atoms with Gasteiger partial charge >= 0.3 is 0 Å². The average Bonchev–Trinajstić information content (AvgIpc) is 1.83. The lowest BCUT2D eigenvalue weighted by molar-refractivity contribution is -0.116. The Balaban J connectivity index is 3.26. The maximum absolute atomic E-state index is 9.92. The first-order valence-electron chi connectivity index (χ1n) is 2.29. The molecule has 1 amide bonds. The Morgan fingerprint density at radius 2 is 2.56 bits per heavy atom. The molecule has 0 unspecified atom stereocenters. The molecule has 0 saturated heterocycles. The fraction of sp³-hybridized carbons (Fsp3) is 0.500.